The van der Waals surface area contributed by atoms with Crippen LogP contribution in [0.1, 0.15) is 35.3 Å². The highest BCUT2D eigenvalue weighted by molar-refractivity contribution is 7.99. The number of nitro groups is 1. The third-order valence-corrected chi connectivity index (χ3v) is 10.6. The zero-order valence-corrected chi connectivity index (χ0v) is 25.8. The first kappa shape index (κ1) is 27.7. The molecule has 4 aromatic heterocycles. The molecule has 0 fully saturated rings. The van der Waals surface area contributed by atoms with Gasteiger partial charge in [0.15, 0.2) is 11.0 Å². The van der Waals surface area contributed by atoms with E-state index < -0.39 is 4.92 Å². The van der Waals surface area contributed by atoms with Gasteiger partial charge < -0.3 is 4.74 Å². The minimum Gasteiger partial charge on any atom is -0.497 e. The number of methoxy groups -OCH3 is 1. The number of nitro benzene ring substituents is 1. The van der Waals surface area contributed by atoms with Crippen molar-refractivity contribution >= 4 is 60.6 Å². The van der Waals surface area contributed by atoms with Crippen LogP contribution in [-0.4, -0.2) is 31.6 Å². The summed E-state index contributed by atoms with van der Waals surface area (Å²) in [5, 5.41) is 16.2. The van der Waals surface area contributed by atoms with Crippen molar-refractivity contribution in [1.29, 1.82) is 0 Å². The number of hydrogen-bond donors (Lipinski definition) is 0. The van der Waals surface area contributed by atoms with Crippen LogP contribution in [0.25, 0.3) is 37.5 Å². The predicted molar refractivity (Wildman–Crippen MR) is 171 cm³/mol. The van der Waals surface area contributed by atoms with E-state index in [0.29, 0.717) is 44.0 Å². The first-order chi connectivity index (χ1) is 20.9. The van der Waals surface area contributed by atoms with Crippen LogP contribution in [0, 0.1) is 17.0 Å². The van der Waals surface area contributed by atoms with E-state index >= 15 is 0 Å². The minimum atomic E-state index is -0.395. The van der Waals surface area contributed by atoms with Crippen molar-refractivity contribution in [1.82, 2.24) is 19.5 Å². The van der Waals surface area contributed by atoms with Crippen LogP contribution in [0.5, 0.6) is 5.75 Å². The summed E-state index contributed by atoms with van der Waals surface area (Å²) in [6, 6.07) is 14.3. The Balaban J connectivity index is 1.43. The zero-order chi connectivity index (χ0) is 29.7. The van der Waals surface area contributed by atoms with Crippen LogP contribution in [0.15, 0.2) is 68.9 Å². The molecule has 6 aromatic rings. The van der Waals surface area contributed by atoms with Crippen molar-refractivity contribution in [3.8, 4) is 22.8 Å². The number of hydrogen-bond acceptors (Lipinski definition) is 10. The summed E-state index contributed by atoms with van der Waals surface area (Å²) in [6.07, 6.45) is 5.19. The van der Waals surface area contributed by atoms with Gasteiger partial charge in [0.1, 0.15) is 20.4 Å². The molecule has 0 aliphatic heterocycles. The van der Waals surface area contributed by atoms with Gasteiger partial charge in [0.2, 0.25) is 0 Å². The lowest BCUT2D eigenvalue weighted by molar-refractivity contribution is -0.385. The Bertz CT molecular complexity index is 2100. The van der Waals surface area contributed by atoms with Gasteiger partial charge in [-0.25, -0.2) is 15.0 Å². The molecule has 0 saturated carbocycles. The normalized spacial score (nSPS) is 13.3. The van der Waals surface area contributed by atoms with Gasteiger partial charge in [0.25, 0.3) is 11.2 Å². The van der Waals surface area contributed by atoms with Crippen molar-refractivity contribution < 1.29 is 9.66 Å². The predicted octanol–water partition coefficient (Wildman–Crippen LogP) is 7.76. The molecule has 4 heterocycles. The number of thiophene rings is 2. The maximum atomic E-state index is 14.4. The average molecular weight is 628 g/mol. The molecule has 1 aliphatic carbocycles. The lowest BCUT2D eigenvalue weighted by Crippen LogP contribution is -2.22. The highest BCUT2D eigenvalue weighted by Crippen LogP contribution is 2.39. The number of nitrogens with zero attached hydrogens (tertiary/aromatic N) is 5. The van der Waals surface area contributed by atoms with E-state index in [1.165, 1.54) is 34.0 Å². The van der Waals surface area contributed by atoms with Crippen LogP contribution < -0.4 is 10.3 Å². The Kier molecular flexibility index (Phi) is 7.20. The molecule has 7 rings (SSSR count). The molecule has 0 spiro atoms. The number of aryl methyl sites for hydroxylation is 3. The van der Waals surface area contributed by atoms with E-state index in [-0.39, 0.29) is 11.2 Å². The number of rotatable bonds is 6. The van der Waals surface area contributed by atoms with Gasteiger partial charge >= 0.3 is 0 Å². The Morgan fingerprint density at radius 3 is 2.60 bits per heavy atom. The Morgan fingerprint density at radius 1 is 1.00 bits per heavy atom. The summed E-state index contributed by atoms with van der Waals surface area (Å²) in [7, 11) is 1.61. The second-order valence-electron chi connectivity index (χ2n) is 10.3. The molecule has 0 amide bonds. The molecule has 0 saturated heterocycles. The smallest absolute Gasteiger partial charge is 0.273 e. The molecule has 1 aliphatic rings. The van der Waals surface area contributed by atoms with Gasteiger partial charge in [-0.2, -0.15) is 0 Å². The van der Waals surface area contributed by atoms with Gasteiger partial charge in [-0.15, -0.1) is 22.7 Å². The summed E-state index contributed by atoms with van der Waals surface area (Å²) in [4.78, 5) is 43.1. The Morgan fingerprint density at radius 2 is 1.81 bits per heavy atom. The summed E-state index contributed by atoms with van der Waals surface area (Å²) in [6.45, 7) is 1.71. The zero-order valence-electron chi connectivity index (χ0n) is 23.3. The SMILES string of the molecule is COc1ccc(-n2c(Sc3nc(-c4ccc(C)c([N+](=O)[O-])c4)nc4sccc34)nc3sc4c(c3c2=O)CCCCC4)cc1. The number of ether oxygens (including phenoxy) is 1. The van der Waals surface area contributed by atoms with Crippen molar-refractivity contribution in [2.75, 3.05) is 7.11 Å². The molecule has 0 bridgehead atoms. The highest BCUT2D eigenvalue weighted by Gasteiger charge is 2.24. The number of fused-ring (bicyclic) bond motifs is 4. The molecule has 43 heavy (non-hydrogen) atoms. The van der Waals surface area contributed by atoms with Crippen molar-refractivity contribution in [2.24, 2.45) is 0 Å². The van der Waals surface area contributed by atoms with Gasteiger partial charge in [-0.3, -0.25) is 19.5 Å². The van der Waals surface area contributed by atoms with Crippen LogP contribution >= 0.6 is 34.4 Å². The molecule has 0 unspecified atom stereocenters. The highest BCUT2D eigenvalue weighted by atomic mass is 32.2. The van der Waals surface area contributed by atoms with E-state index in [1.807, 2.05) is 35.7 Å². The standard InChI is InChI=1S/C31H25N5O4S3/c1-17-8-9-18(16-23(17)36(38)39)26-32-27-22(14-15-41-27)28(33-26)43-31-34-29-25(21-6-4-3-5-7-24(21)42-29)30(37)35(31)19-10-12-20(40-2)13-11-19/h8-16H,3-7H2,1-2H3. The largest absolute Gasteiger partial charge is 0.497 e. The van der Waals surface area contributed by atoms with Crippen molar-refractivity contribution in [3.05, 3.63) is 90.4 Å². The maximum absolute atomic E-state index is 14.4. The molecular formula is C31H25N5O4S3. The Hall–Kier alpha value is -4.13. The molecule has 12 heteroatoms. The third-order valence-electron chi connectivity index (χ3n) is 7.68. The molecule has 2 aromatic carbocycles. The average Bonchev–Trinajstić information content (AvgIpc) is 3.55. The van der Waals surface area contributed by atoms with Crippen molar-refractivity contribution in [2.45, 2.75) is 49.2 Å². The van der Waals surface area contributed by atoms with E-state index in [2.05, 4.69) is 0 Å². The molecule has 0 atom stereocenters. The fourth-order valence-electron chi connectivity index (χ4n) is 5.46. The van der Waals surface area contributed by atoms with E-state index in [0.717, 1.165) is 52.7 Å². The summed E-state index contributed by atoms with van der Waals surface area (Å²) in [5.41, 5.74) is 2.85. The minimum absolute atomic E-state index is 0.0134. The van der Waals surface area contributed by atoms with Crippen molar-refractivity contribution in [3.63, 3.8) is 0 Å². The van der Waals surface area contributed by atoms with Gasteiger partial charge in [-0.1, -0.05) is 18.6 Å². The summed E-state index contributed by atoms with van der Waals surface area (Å²) < 4.78 is 7.04. The fraction of sp³-hybridized carbons (Fsp3) is 0.226. The van der Waals surface area contributed by atoms with Gasteiger partial charge in [-0.05, 0) is 85.6 Å². The second-order valence-corrected chi connectivity index (χ2v) is 13.3. The van der Waals surface area contributed by atoms with Gasteiger partial charge in [0.05, 0.1) is 23.1 Å². The lowest BCUT2D eigenvalue weighted by Gasteiger charge is -2.14. The first-order valence-electron chi connectivity index (χ1n) is 13.8. The van der Waals surface area contributed by atoms with E-state index in [1.54, 1.807) is 42.1 Å². The fourth-order valence-corrected chi connectivity index (χ4v) is 8.59. The monoisotopic (exact) mass is 627 g/mol. The van der Waals surface area contributed by atoms with E-state index in [9.17, 15) is 14.9 Å². The molecular weight excluding hydrogens is 603 g/mol. The quantitative estimate of drug-likeness (QED) is 0.0605. The van der Waals surface area contributed by atoms with Crippen LogP contribution in [0.4, 0.5) is 5.69 Å². The lowest BCUT2D eigenvalue weighted by atomic mass is 10.1. The summed E-state index contributed by atoms with van der Waals surface area (Å²) >= 11 is 4.39. The topological polar surface area (TPSA) is 113 Å². The van der Waals surface area contributed by atoms with E-state index in [4.69, 9.17) is 19.7 Å². The second kappa shape index (κ2) is 11.2. The maximum Gasteiger partial charge on any atom is 0.273 e. The van der Waals surface area contributed by atoms with Crippen LogP contribution in [0.3, 0.4) is 0 Å². The van der Waals surface area contributed by atoms with Crippen LogP contribution in [0.2, 0.25) is 0 Å². The first-order valence-corrected chi connectivity index (χ1v) is 16.3. The number of benzene rings is 2. The third kappa shape index (κ3) is 4.98. The molecule has 0 N–H and O–H groups in total. The van der Waals surface area contributed by atoms with Crippen LogP contribution in [-0.2, 0) is 12.8 Å². The molecule has 9 nitrogen and oxygen atoms in total. The molecule has 0 radical (unpaired) electrons. The number of aromatic nitrogens is 4. The summed E-state index contributed by atoms with van der Waals surface area (Å²) in [5.74, 6) is 1.07. The Labute approximate surface area is 258 Å². The van der Waals surface area contributed by atoms with Gasteiger partial charge in [0, 0.05) is 27.5 Å². The molecule has 216 valence electrons.